The molecule has 0 amide bonds. The molecule has 0 saturated heterocycles. The van der Waals surface area contributed by atoms with Crippen LogP contribution < -0.4 is 10.4 Å². The van der Waals surface area contributed by atoms with Crippen molar-refractivity contribution in [2.45, 2.75) is 0 Å². The summed E-state index contributed by atoms with van der Waals surface area (Å²) in [6.45, 7) is 0.824. The molecule has 4 heteroatoms. The van der Waals surface area contributed by atoms with Crippen LogP contribution >= 0.6 is 0 Å². The molecule has 0 saturated carbocycles. The Morgan fingerprint density at radius 1 is 1.60 bits per heavy atom. The first-order chi connectivity index (χ1) is 4.97. The van der Waals surface area contributed by atoms with E-state index in [-0.39, 0.29) is 0 Å². The van der Waals surface area contributed by atoms with Crippen molar-refractivity contribution < 1.29 is 0 Å². The molecule has 1 aromatic heterocycles. The molecule has 0 aliphatic carbocycles. The Morgan fingerprint density at radius 2 is 2.60 bits per heavy atom. The number of nitrogens with one attached hydrogen (secondary N) is 1. The predicted molar refractivity (Wildman–Crippen MR) is 37.2 cm³/mol. The number of H-pyrrole nitrogens is 1. The minimum Gasteiger partial charge on any atom is -0.284 e. The molecule has 0 atom stereocenters. The Balaban J connectivity index is 2.14. The van der Waals surface area contributed by atoms with E-state index in [0.717, 1.165) is 12.4 Å². The third kappa shape index (κ3) is 0.737. The molecular weight excluding hydrogens is 128 g/mol. The number of anilines is 1. The van der Waals surface area contributed by atoms with Crippen LogP contribution in [0.15, 0.2) is 24.5 Å². The average molecular weight is 135 g/mol. The van der Waals surface area contributed by atoms with E-state index >= 15 is 0 Å². The summed E-state index contributed by atoms with van der Waals surface area (Å²) in [7, 11) is 0. The first-order valence-electron chi connectivity index (χ1n) is 3.10. The molecule has 4 nitrogen and oxygen atoms in total. The van der Waals surface area contributed by atoms with Crippen molar-refractivity contribution in [2.75, 3.05) is 11.6 Å². The molecule has 0 fully saturated rings. The minimum absolute atomic E-state index is 0.824. The van der Waals surface area contributed by atoms with Crippen LogP contribution in [0.3, 0.4) is 0 Å². The highest BCUT2D eigenvalue weighted by molar-refractivity contribution is 5.37. The first-order valence-corrected chi connectivity index (χ1v) is 3.10. The van der Waals surface area contributed by atoms with Crippen molar-refractivity contribution in [1.82, 2.24) is 15.6 Å². The molecule has 1 radical (unpaired) electrons. The summed E-state index contributed by atoms with van der Waals surface area (Å²) in [5.74, 6) is 0.866. The van der Waals surface area contributed by atoms with Crippen LogP contribution in [0, 0.1) is 0 Å². The molecule has 1 N–H and O–H groups in total. The van der Waals surface area contributed by atoms with E-state index in [1.54, 1.807) is 12.4 Å². The van der Waals surface area contributed by atoms with Gasteiger partial charge in [-0.1, -0.05) is 0 Å². The van der Waals surface area contributed by atoms with Gasteiger partial charge in [-0.25, -0.2) is 5.01 Å². The highest BCUT2D eigenvalue weighted by atomic mass is 15.5. The molecule has 1 aromatic rings. The van der Waals surface area contributed by atoms with Crippen LogP contribution in [0.5, 0.6) is 0 Å². The van der Waals surface area contributed by atoms with Gasteiger partial charge >= 0.3 is 0 Å². The largest absolute Gasteiger partial charge is 0.284 e. The van der Waals surface area contributed by atoms with Crippen LogP contribution in [-0.2, 0) is 0 Å². The molecule has 2 rings (SSSR count). The molecule has 0 bridgehead atoms. The van der Waals surface area contributed by atoms with E-state index in [0.29, 0.717) is 0 Å². The fraction of sp³-hybridized carbons (Fsp3) is 0.167. The zero-order valence-electron chi connectivity index (χ0n) is 5.36. The van der Waals surface area contributed by atoms with Crippen molar-refractivity contribution in [3.05, 3.63) is 24.5 Å². The summed E-state index contributed by atoms with van der Waals surface area (Å²) >= 11 is 0. The molecule has 1 aliphatic rings. The number of aromatic nitrogens is 2. The van der Waals surface area contributed by atoms with Gasteiger partial charge in [-0.3, -0.25) is 5.10 Å². The lowest BCUT2D eigenvalue weighted by molar-refractivity contribution is 0.801. The number of nitrogens with zero attached hydrogens (tertiary/aromatic N) is 3. The molecule has 0 unspecified atom stereocenters. The van der Waals surface area contributed by atoms with E-state index in [4.69, 9.17) is 0 Å². The number of hydrogen-bond acceptors (Lipinski definition) is 2. The Bertz CT molecular complexity index is 218. The van der Waals surface area contributed by atoms with Gasteiger partial charge in [-0.15, -0.1) is 0 Å². The maximum Gasteiger partial charge on any atom is 0.170 e. The van der Waals surface area contributed by atoms with Gasteiger partial charge in [0.1, 0.15) is 0 Å². The summed E-state index contributed by atoms with van der Waals surface area (Å²) in [6, 6.07) is 1.89. The molecule has 0 spiro atoms. The van der Waals surface area contributed by atoms with Crippen molar-refractivity contribution in [1.29, 1.82) is 0 Å². The van der Waals surface area contributed by atoms with Crippen LogP contribution in [0.4, 0.5) is 5.82 Å². The third-order valence-electron chi connectivity index (χ3n) is 1.34. The Labute approximate surface area is 58.5 Å². The van der Waals surface area contributed by atoms with E-state index in [1.807, 2.05) is 17.2 Å². The summed E-state index contributed by atoms with van der Waals surface area (Å²) < 4.78 is 0. The van der Waals surface area contributed by atoms with E-state index in [1.165, 1.54) is 0 Å². The van der Waals surface area contributed by atoms with E-state index in [9.17, 15) is 0 Å². The minimum atomic E-state index is 0.824. The van der Waals surface area contributed by atoms with E-state index in [2.05, 4.69) is 15.6 Å². The molecule has 0 aromatic carbocycles. The summed E-state index contributed by atoms with van der Waals surface area (Å²) in [5.41, 5.74) is 4.05. The summed E-state index contributed by atoms with van der Waals surface area (Å²) in [6.07, 6.45) is 5.53. The van der Waals surface area contributed by atoms with Gasteiger partial charge in [-0.05, 0) is 6.08 Å². The van der Waals surface area contributed by atoms with Crippen LogP contribution in [-0.4, -0.2) is 16.7 Å². The average Bonchev–Trinajstić information content (AvgIpc) is 2.59. The second kappa shape index (κ2) is 2.06. The van der Waals surface area contributed by atoms with Crippen LogP contribution in [0.25, 0.3) is 0 Å². The number of hydrogen-bond donors (Lipinski definition) is 1. The lowest BCUT2D eigenvalue weighted by Gasteiger charge is -2.10. The maximum absolute atomic E-state index is 4.05. The Hall–Kier alpha value is -1.45. The first kappa shape index (κ1) is 5.34. The lowest BCUT2D eigenvalue weighted by Crippen LogP contribution is -2.23. The quantitative estimate of drug-likeness (QED) is 0.600. The number of rotatable bonds is 1. The third-order valence-corrected chi connectivity index (χ3v) is 1.34. The monoisotopic (exact) mass is 135 g/mol. The van der Waals surface area contributed by atoms with Crippen molar-refractivity contribution in [2.24, 2.45) is 0 Å². The van der Waals surface area contributed by atoms with Gasteiger partial charge in [0.2, 0.25) is 0 Å². The normalized spacial score (nSPS) is 15.8. The van der Waals surface area contributed by atoms with Crippen LogP contribution in [0.2, 0.25) is 0 Å². The standard InChI is InChI=1S/C6H7N4/c1-3-8-10(5-1)6-2-4-7-9-6/h1-4H,5H2,(H,7,9). The molecule has 51 valence electrons. The van der Waals surface area contributed by atoms with Gasteiger partial charge in [0, 0.05) is 18.5 Å². The van der Waals surface area contributed by atoms with Gasteiger partial charge in [0.05, 0.1) is 6.54 Å². The smallest absolute Gasteiger partial charge is 0.170 e. The molecular formula is C6H7N4. The zero-order chi connectivity index (χ0) is 6.81. The Morgan fingerprint density at radius 3 is 3.20 bits per heavy atom. The van der Waals surface area contributed by atoms with Gasteiger partial charge in [-0.2, -0.15) is 10.5 Å². The van der Waals surface area contributed by atoms with Crippen molar-refractivity contribution in [3.63, 3.8) is 0 Å². The number of aromatic amines is 1. The van der Waals surface area contributed by atoms with Gasteiger partial charge in [0.25, 0.3) is 0 Å². The van der Waals surface area contributed by atoms with Crippen molar-refractivity contribution in [3.8, 4) is 0 Å². The van der Waals surface area contributed by atoms with Gasteiger partial charge < -0.3 is 0 Å². The van der Waals surface area contributed by atoms with E-state index < -0.39 is 0 Å². The second-order valence-electron chi connectivity index (χ2n) is 2.01. The van der Waals surface area contributed by atoms with Crippen LogP contribution in [0.1, 0.15) is 0 Å². The zero-order valence-corrected chi connectivity index (χ0v) is 5.36. The highest BCUT2D eigenvalue weighted by Gasteiger charge is 2.09. The predicted octanol–water partition coefficient (Wildman–Crippen LogP) is 0.263. The molecule has 2 heterocycles. The lowest BCUT2D eigenvalue weighted by atomic mass is 10.5. The SMILES string of the molecule is C1=C[N]N(c2cc[nH]n2)C1. The summed E-state index contributed by atoms with van der Waals surface area (Å²) in [5, 5.41) is 8.51. The fourth-order valence-corrected chi connectivity index (χ4v) is 0.871. The van der Waals surface area contributed by atoms with Gasteiger partial charge in [0.15, 0.2) is 5.82 Å². The van der Waals surface area contributed by atoms with Crippen molar-refractivity contribution >= 4 is 5.82 Å². The summed E-state index contributed by atoms with van der Waals surface area (Å²) in [4.78, 5) is 0. The topological polar surface area (TPSA) is 46.0 Å². The highest BCUT2D eigenvalue weighted by Crippen LogP contribution is 2.08. The fourth-order valence-electron chi connectivity index (χ4n) is 0.871. The molecule has 1 aliphatic heterocycles. The second-order valence-corrected chi connectivity index (χ2v) is 2.01. The molecule has 10 heavy (non-hydrogen) atoms. The Kier molecular flexibility index (Phi) is 1.10. The maximum atomic E-state index is 4.05.